The van der Waals surface area contributed by atoms with Crippen LogP contribution in [0.2, 0.25) is 0 Å². The molecule has 1 heterocycles. The normalized spacial score (nSPS) is 13.2. The molecule has 0 unspecified atom stereocenters. The highest BCUT2D eigenvalue weighted by molar-refractivity contribution is 9.10. The van der Waals surface area contributed by atoms with Gasteiger partial charge in [0.05, 0.1) is 4.92 Å². The summed E-state index contributed by atoms with van der Waals surface area (Å²) in [5.41, 5.74) is 2.51. The van der Waals surface area contributed by atoms with Crippen LogP contribution in [0.5, 0.6) is 0 Å². The maximum absolute atomic E-state index is 12.2. The number of hydrogen-bond donors (Lipinski definition) is 0. The van der Waals surface area contributed by atoms with Gasteiger partial charge in [-0.25, -0.2) is 0 Å². The highest BCUT2D eigenvalue weighted by Crippen LogP contribution is 2.18. The van der Waals surface area contributed by atoms with Gasteiger partial charge in [-0.15, -0.1) is 0 Å². The van der Waals surface area contributed by atoms with E-state index >= 15 is 0 Å². The van der Waals surface area contributed by atoms with Gasteiger partial charge in [0, 0.05) is 46.8 Å². The molecule has 5 nitrogen and oxygen atoms in total. The lowest BCUT2D eigenvalue weighted by molar-refractivity contribution is -0.384. The number of ketones is 1. The Balaban J connectivity index is 1.63. The zero-order valence-corrected chi connectivity index (χ0v) is 15.7. The lowest BCUT2D eigenvalue weighted by atomic mass is 10.1. The van der Waals surface area contributed by atoms with Crippen molar-refractivity contribution < 1.29 is 9.72 Å². The molecule has 0 radical (unpaired) electrons. The van der Waals surface area contributed by atoms with E-state index in [-0.39, 0.29) is 11.5 Å². The van der Waals surface area contributed by atoms with E-state index in [1.165, 1.54) is 18.2 Å². The Morgan fingerprint density at radius 1 is 1.07 bits per heavy atom. The Morgan fingerprint density at radius 2 is 1.78 bits per heavy atom. The van der Waals surface area contributed by atoms with Gasteiger partial charge in [0.1, 0.15) is 0 Å². The van der Waals surface area contributed by atoms with E-state index in [1.807, 2.05) is 42.8 Å². The second-order valence-electron chi connectivity index (χ2n) is 5.76. The smallest absolute Gasteiger partial charge is 0.269 e. The molecule has 0 amide bonds. The second-order valence-corrected chi connectivity index (χ2v) is 6.68. The lowest BCUT2D eigenvalue weighted by Gasteiger charge is -2.13. The number of carbonyl (C=O) groups is 1. The summed E-state index contributed by atoms with van der Waals surface area (Å²) < 4.78 is 0.862. The number of non-ortho nitro benzene ring substituents is 1. The first-order chi connectivity index (χ1) is 13.0. The molecular weight excluding hydrogens is 408 g/mol. The molecule has 27 heavy (non-hydrogen) atoms. The Labute approximate surface area is 164 Å². The summed E-state index contributed by atoms with van der Waals surface area (Å²) in [6.07, 6.45) is 12.6. The molecule has 6 heteroatoms. The van der Waals surface area contributed by atoms with Gasteiger partial charge in [-0.05, 0) is 53.6 Å². The van der Waals surface area contributed by atoms with Crippen LogP contribution in [0.25, 0.3) is 6.08 Å². The monoisotopic (exact) mass is 422 g/mol. The fourth-order valence-electron chi connectivity index (χ4n) is 2.42. The van der Waals surface area contributed by atoms with Crippen molar-refractivity contribution >= 4 is 33.5 Å². The third-order valence-electron chi connectivity index (χ3n) is 3.82. The van der Waals surface area contributed by atoms with Crippen molar-refractivity contribution in [3.05, 3.63) is 117 Å². The third-order valence-corrected chi connectivity index (χ3v) is 4.32. The van der Waals surface area contributed by atoms with Gasteiger partial charge in [0.15, 0.2) is 5.78 Å². The van der Waals surface area contributed by atoms with Crippen LogP contribution in [0.3, 0.4) is 0 Å². The number of rotatable bonds is 5. The minimum Gasteiger partial charge on any atom is -0.330 e. The lowest BCUT2D eigenvalue weighted by Crippen LogP contribution is -2.04. The van der Waals surface area contributed by atoms with E-state index < -0.39 is 4.92 Å². The zero-order valence-electron chi connectivity index (χ0n) is 14.2. The number of halogens is 1. The van der Waals surface area contributed by atoms with Gasteiger partial charge in [-0.1, -0.05) is 28.1 Å². The Kier molecular flexibility index (Phi) is 5.78. The van der Waals surface area contributed by atoms with Gasteiger partial charge in [-0.3, -0.25) is 14.9 Å². The van der Waals surface area contributed by atoms with Crippen LogP contribution in [-0.4, -0.2) is 15.6 Å². The minimum absolute atomic E-state index is 0.0679. The fraction of sp³-hybridized carbons (Fsp3) is 0. The van der Waals surface area contributed by atoms with Crippen molar-refractivity contribution in [2.75, 3.05) is 0 Å². The highest BCUT2D eigenvalue weighted by Gasteiger charge is 2.05. The number of carbonyl (C=O) groups excluding carboxylic acids is 1. The summed E-state index contributed by atoms with van der Waals surface area (Å²) in [5, 5.41) is 10.7. The number of benzene rings is 2. The van der Waals surface area contributed by atoms with E-state index in [9.17, 15) is 14.9 Å². The third kappa shape index (κ3) is 5.12. The second kappa shape index (κ2) is 8.42. The maximum Gasteiger partial charge on any atom is 0.269 e. The van der Waals surface area contributed by atoms with Crippen LogP contribution in [0.4, 0.5) is 5.69 Å². The van der Waals surface area contributed by atoms with E-state index in [0.29, 0.717) is 5.56 Å². The molecule has 0 N–H and O–H groups in total. The zero-order chi connectivity index (χ0) is 19.2. The van der Waals surface area contributed by atoms with Crippen molar-refractivity contribution in [3.8, 4) is 0 Å². The summed E-state index contributed by atoms with van der Waals surface area (Å²) in [6, 6.07) is 13.6. The van der Waals surface area contributed by atoms with Crippen LogP contribution in [-0.2, 0) is 0 Å². The van der Waals surface area contributed by atoms with E-state index in [0.717, 1.165) is 15.6 Å². The topological polar surface area (TPSA) is 63.5 Å². The van der Waals surface area contributed by atoms with Gasteiger partial charge >= 0.3 is 0 Å². The number of allylic oxidation sites excluding steroid dienone is 4. The molecule has 0 spiro atoms. The minimum atomic E-state index is -0.420. The summed E-state index contributed by atoms with van der Waals surface area (Å²) in [4.78, 5) is 24.2. The number of hydrogen-bond acceptors (Lipinski definition) is 4. The van der Waals surface area contributed by atoms with Crippen LogP contribution in [0.15, 0.2) is 95.4 Å². The molecule has 3 rings (SSSR count). The predicted octanol–water partition coefficient (Wildman–Crippen LogP) is 5.48. The standard InChI is InChI=1S/C21H15BrN2O3/c22-19-3-1-2-18(15-19)21(25)10-13-23-11-8-17(9-12-23)14-16-4-6-20(7-5-16)24(26)27/h1-15H. The van der Waals surface area contributed by atoms with Gasteiger partial charge in [0.25, 0.3) is 5.69 Å². The van der Waals surface area contributed by atoms with E-state index in [1.54, 1.807) is 35.4 Å². The quantitative estimate of drug-likeness (QED) is 0.277. The molecule has 134 valence electrons. The van der Waals surface area contributed by atoms with Gasteiger partial charge in [-0.2, -0.15) is 0 Å². The number of nitrogens with zero attached hydrogens (tertiary/aromatic N) is 2. The highest BCUT2D eigenvalue weighted by atomic mass is 79.9. The molecule has 0 saturated carbocycles. The summed E-state index contributed by atoms with van der Waals surface area (Å²) >= 11 is 3.35. The Morgan fingerprint density at radius 3 is 2.41 bits per heavy atom. The SMILES string of the molecule is O=C(C=CN1C=CC(=Cc2ccc([N+](=O)[O-])cc2)C=C1)c1cccc(Br)c1. The predicted molar refractivity (Wildman–Crippen MR) is 109 cm³/mol. The molecule has 2 aromatic carbocycles. The molecule has 0 saturated heterocycles. The molecule has 0 bridgehead atoms. The molecule has 0 fully saturated rings. The summed E-state index contributed by atoms with van der Waals surface area (Å²) in [7, 11) is 0. The first kappa shape index (κ1) is 18.5. The molecule has 2 aromatic rings. The Bertz CT molecular complexity index is 973. The van der Waals surface area contributed by atoms with Crippen molar-refractivity contribution in [3.63, 3.8) is 0 Å². The van der Waals surface area contributed by atoms with E-state index in [2.05, 4.69) is 15.9 Å². The molecular formula is C21H15BrN2O3. The van der Waals surface area contributed by atoms with Crippen molar-refractivity contribution in [2.45, 2.75) is 0 Å². The Hall–Kier alpha value is -3.25. The molecule has 0 aromatic heterocycles. The van der Waals surface area contributed by atoms with E-state index in [4.69, 9.17) is 0 Å². The van der Waals surface area contributed by atoms with Crippen LogP contribution < -0.4 is 0 Å². The fourth-order valence-corrected chi connectivity index (χ4v) is 2.82. The van der Waals surface area contributed by atoms with Crippen LogP contribution in [0, 0.1) is 10.1 Å². The molecule has 1 aliphatic rings. The van der Waals surface area contributed by atoms with Gasteiger partial charge in [0.2, 0.25) is 0 Å². The largest absolute Gasteiger partial charge is 0.330 e. The molecule has 1 aliphatic heterocycles. The van der Waals surface area contributed by atoms with Crippen molar-refractivity contribution in [2.24, 2.45) is 0 Å². The number of nitro benzene ring substituents is 1. The molecule has 0 aliphatic carbocycles. The van der Waals surface area contributed by atoms with Crippen LogP contribution in [0.1, 0.15) is 15.9 Å². The maximum atomic E-state index is 12.2. The van der Waals surface area contributed by atoms with Crippen molar-refractivity contribution in [1.29, 1.82) is 0 Å². The summed E-state index contributed by atoms with van der Waals surface area (Å²) in [6.45, 7) is 0. The number of nitro groups is 1. The average Bonchev–Trinajstić information content (AvgIpc) is 2.67. The van der Waals surface area contributed by atoms with Crippen LogP contribution >= 0.6 is 15.9 Å². The summed E-state index contributed by atoms with van der Waals surface area (Å²) in [5.74, 6) is -0.0784. The average molecular weight is 423 g/mol. The van der Waals surface area contributed by atoms with Crippen molar-refractivity contribution in [1.82, 2.24) is 4.90 Å². The molecule has 0 atom stereocenters. The first-order valence-electron chi connectivity index (χ1n) is 8.09. The van der Waals surface area contributed by atoms with Gasteiger partial charge < -0.3 is 4.90 Å². The first-order valence-corrected chi connectivity index (χ1v) is 8.89.